The van der Waals surface area contributed by atoms with Crippen LogP contribution in [-0.2, 0) is 18.9 Å². The molecule has 0 N–H and O–H groups in total. The standard InChI is InChI=1S/C20H23NO5/c1-20(2)25-17-16(24-19(22-3)18(17)26-20)15(14-10-7-11-23-14)21-12-13-8-5-4-6-9-13/h4-12,15-19H,1-3H3/t15-,16-,17+,18+,19+/m1/s1. The predicted molar refractivity (Wildman–Crippen MR) is 95.0 cm³/mol. The lowest BCUT2D eigenvalue weighted by Gasteiger charge is -2.26. The molecule has 2 saturated heterocycles. The van der Waals surface area contributed by atoms with Gasteiger partial charge in [-0.15, -0.1) is 0 Å². The molecule has 5 atom stereocenters. The Morgan fingerprint density at radius 2 is 1.85 bits per heavy atom. The summed E-state index contributed by atoms with van der Waals surface area (Å²) in [6.45, 7) is 3.79. The van der Waals surface area contributed by atoms with E-state index in [1.54, 1.807) is 13.4 Å². The van der Waals surface area contributed by atoms with Crippen molar-refractivity contribution < 1.29 is 23.4 Å². The first-order chi connectivity index (χ1) is 12.6. The Hall–Kier alpha value is -1.99. The minimum absolute atomic E-state index is 0.294. The Morgan fingerprint density at radius 1 is 1.08 bits per heavy atom. The molecule has 138 valence electrons. The fourth-order valence-corrected chi connectivity index (χ4v) is 3.52. The number of nitrogens with zero attached hydrogens (tertiary/aromatic N) is 1. The highest BCUT2D eigenvalue weighted by Crippen LogP contribution is 2.43. The van der Waals surface area contributed by atoms with Gasteiger partial charge in [-0.1, -0.05) is 30.3 Å². The van der Waals surface area contributed by atoms with Crippen LogP contribution >= 0.6 is 0 Å². The minimum Gasteiger partial charge on any atom is -0.467 e. The Balaban J connectivity index is 1.65. The first-order valence-corrected chi connectivity index (χ1v) is 8.73. The zero-order valence-corrected chi connectivity index (χ0v) is 15.1. The molecule has 6 heteroatoms. The number of hydrogen-bond acceptors (Lipinski definition) is 6. The van der Waals surface area contributed by atoms with Crippen molar-refractivity contribution in [1.82, 2.24) is 0 Å². The van der Waals surface area contributed by atoms with Crippen molar-refractivity contribution in [3.63, 3.8) is 0 Å². The second-order valence-electron chi connectivity index (χ2n) is 6.92. The molecule has 3 heterocycles. The van der Waals surface area contributed by atoms with E-state index in [2.05, 4.69) is 0 Å². The summed E-state index contributed by atoms with van der Waals surface area (Å²) in [4.78, 5) is 4.76. The molecule has 0 spiro atoms. The third-order valence-electron chi connectivity index (χ3n) is 4.61. The van der Waals surface area contributed by atoms with Crippen LogP contribution in [-0.4, -0.2) is 43.7 Å². The van der Waals surface area contributed by atoms with Crippen LogP contribution in [0.15, 0.2) is 58.1 Å². The van der Waals surface area contributed by atoms with Gasteiger partial charge >= 0.3 is 0 Å². The Morgan fingerprint density at radius 3 is 2.54 bits per heavy atom. The largest absolute Gasteiger partial charge is 0.467 e. The molecule has 2 aliphatic rings. The normalized spacial score (nSPS) is 31.3. The zero-order chi connectivity index (χ0) is 18.1. The van der Waals surface area contributed by atoms with Gasteiger partial charge in [0.05, 0.1) is 6.26 Å². The number of furan rings is 1. The Bertz CT molecular complexity index is 743. The van der Waals surface area contributed by atoms with Gasteiger partial charge in [-0.3, -0.25) is 4.99 Å². The van der Waals surface area contributed by atoms with Gasteiger partial charge in [0, 0.05) is 13.3 Å². The maximum Gasteiger partial charge on any atom is 0.186 e. The average molecular weight is 357 g/mol. The second-order valence-corrected chi connectivity index (χ2v) is 6.92. The summed E-state index contributed by atoms with van der Waals surface area (Å²) in [5, 5.41) is 0. The molecule has 2 aliphatic heterocycles. The molecular weight excluding hydrogens is 334 g/mol. The lowest BCUT2D eigenvalue weighted by atomic mass is 10.0. The Labute approximate surface area is 152 Å². The summed E-state index contributed by atoms with van der Waals surface area (Å²) in [5.41, 5.74) is 1.01. The zero-order valence-electron chi connectivity index (χ0n) is 15.1. The second kappa shape index (κ2) is 6.96. The van der Waals surface area contributed by atoms with Crippen LogP contribution in [0.3, 0.4) is 0 Å². The Kier molecular flexibility index (Phi) is 4.67. The summed E-state index contributed by atoms with van der Waals surface area (Å²) in [5.74, 6) is 0.0244. The van der Waals surface area contributed by atoms with Crippen LogP contribution < -0.4 is 0 Å². The number of rotatable bonds is 5. The highest BCUT2D eigenvalue weighted by Gasteiger charge is 2.58. The number of fused-ring (bicyclic) bond motifs is 1. The summed E-state index contributed by atoms with van der Waals surface area (Å²) in [6, 6.07) is 13.3. The molecule has 0 aliphatic carbocycles. The molecule has 0 unspecified atom stereocenters. The molecule has 26 heavy (non-hydrogen) atoms. The number of ether oxygens (including phenoxy) is 4. The quantitative estimate of drug-likeness (QED) is 0.768. The van der Waals surface area contributed by atoms with Gasteiger partial charge < -0.3 is 23.4 Å². The van der Waals surface area contributed by atoms with Crippen molar-refractivity contribution >= 4 is 6.21 Å². The van der Waals surface area contributed by atoms with Crippen LogP contribution in [0.4, 0.5) is 0 Å². The summed E-state index contributed by atoms with van der Waals surface area (Å²) in [7, 11) is 1.61. The summed E-state index contributed by atoms with van der Waals surface area (Å²) >= 11 is 0. The fourth-order valence-electron chi connectivity index (χ4n) is 3.52. The highest BCUT2D eigenvalue weighted by atomic mass is 16.8. The van der Waals surface area contributed by atoms with E-state index in [1.165, 1.54) is 0 Å². The van der Waals surface area contributed by atoms with E-state index in [0.29, 0.717) is 5.76 Å². The third-order valence-corrected chi connectivity index (χ3v) is 4.61. The average Bonchev–Trinajstić information content (AvgIpc) is 3.32. The number of aliphatic imine (C=N–C) groups is 1. The van der Waals surface area contributed by atoms with Crippen molar-refractivity contribution in [2.24, 2.45) is 4.99 Å². The van der Waals surface area contributed by atoms with Crippen molar-refractivity contribution in [1.29, 1.82) is 0 Å². The van der Waals surface area contributed by atoms with E-state index in [0.717, 1.165) is 5.56 Å². The van der Waals surface area contributed by atoms with E-state index in [9.17, 15) is 0 Å². The fraction of sp³-hybridized carbons (Fsp3) is 0.450. The van der Waals surface area contributed by atoms with Gasteiger partial charge in [-0.2, -0.15) is 0 Å². The summed E-state index contributed by atoms with van der Waals surface area (Å²) in [6.07, 6.45) is 1.99. The minimum atomic E-state index is -0.689. The first kappa shape index (κ1) is 17.4. The monoisotopic (exact) mass is 357 g/mol. The van der Waals surface area contributed by atoms with Crippen molar-refractivity contribution in [3.8, 4) is 0 Å². The van der Waals surface area contributed by atoms with Gasteiger partial charge in [0.2, 0.25) is 0 Å². The summed E-state index contributed by atoms with van der Waals surface area (Å²) < 4.78 is 29.3. The van der Waals surface area contributed by atoms with E-state index < -0.39 is 12.1 Å². The molecule has 1 aromatic heterocycles. The number of hydrogen-bond donors (Lipinski definition) is 0. The molecular formula is C20H23NO5. The van der Waals surface area contributed by atoms with Crippen molar-refractivity contribution in [2.75, 3.05) is 7.11 Å². The molecule has 1 aromatic carbocycles. The topological polar surface area (TPSA) is 62.4 Å². The van der Waals surface area contributed by atoms with Crippen molar-refractivity contribution in [3.05, 3.63) is 60.1 Å². The molecule has 2 fully saturated rings. The van der Waals surface area contributed by atoms with Gasteiger partial charge in [0.25, 0.3) is 0 Å². The predicted octanol–water partition coefficient (Wildman–Crippen LogP) is 3.33. The van der Waals surface area contributed by atoms with Gasteiger partial charge in [0.15, 0.2) is 12.1 Å². The molecule has 0 amide bonds. The van der Waals surface area contributed by atoms with E-state index in [4.69, 9.17) is 28.4 Å². The molecule has 0 saturated carbocycles. The maximum atomic E-state index is 6.11. The highest BCUT2D eigenvalue weighted by molar-refractivity contribution is 5.79. The van der Waals surface area contributed by atoms with Crippen molar-refractivity contribution in [2.45, 2.75) is 50.3 Å². The number of benzene rings is 1. The lowest BCUT2D eigenvalue weighted by molar-refractivity contribution is -0.229. The van der Waals surface area contributed by atoms with E-state index >= 15 is 0 Å². The van der Waals surface area contributed by atoms with Crippen LogP contribution in [0, 0.1) is 0 Å². The van der Waals surface area contributed by atoms with E-state index in [1.807, 2.05) is 62.5 Å². The molecule has 4 rings (SSSR count). The third kappa shape index (κ3) is 3.33. The molecule has 0 radical (unpaired) electrons. The van der Waals surface area contributed by atoms with Gasteiger partial charge in [-0.25, -0.2) is 0 Å². The van der Waals surface area contributed by atoms with Gasteiger partial charge in [0.1, 0.15) is 30.1 Å². The molecule has 2 aromatic rings. The maximum absolute atomic E-state index is 6.11. The SMILES string of the molecule is CO[C@H]1O[C@H]([C@H](N=Cc2ccccc2)c2ccco2)[C@@H]2OC(C)(C)O[C@H]12. The number of methoxy groups -OCH3 is 1. The van der Waals surface area contributed by atoms with Crippen LogP contribution in [0.25, 0.3) is 0 Å². The lowest BCUT2D eigenvalue weighted by Crippen LogP contribution is -2.33. The van der Waals surface area contributed by atoms with Crippen LogP contribution in [0.1, 0.15) is 31.2 Å². The molecule has 6 nitrogen and oxygen atoms in total. The van der Waals surface area contributed by atoms with Crippen LogP contribution in [0.5, 0.6) is 0 Å². The first-order valence-electron chi connectivity index (χ1n) is 8.73. The van der Waals surface area contributed by atoms with Crippen LogP contribution in [0.2, 0.25) is 0 Å². The van der Waals surface area contributed by atoms with Gasteiger partial charge in [-0.05, 0) is 31.5 Å². The van der Waals surface area contributed by atoms with E-state index in [-0.39, 0.29) is 24.4 Å². The smallest absolute Gasteiger partial charge is 0.186 e. The molecule has 0 bridgehead atoms.